The quantitative estimate of drug-likeness (QED) is 0.937. The average Bonchev–Trinajstić information content (AvgIpc) is 2.61. The molecular formula is C15H18BrN3O. The van der Waals surface area contributed by atoms with Gasteiger partial charge in [-0.1, -0.05) is 6.07 Å². The third-order valence-electron chi connectivity index (χ3n) is 3.45. The van der Waals surface area contributed by atoms with Gasteiger partial charge in [-0.25, -0.2) is 0 Å². The molecule has 1 amide bonds. The van der Waals surface area contributed by atoms with Crippen LogP contribution in [0.5, 0.6) is 0 Å². The molecule has 0 radical (unpaired) electrons. The van der Waals surface area contributed by atoms with Crippen molar-refractivity contribution in [3.63, 3.8) is 0 Å². The molecule has 20 heavy (non-hydrogen) atoms. The van der Waals surface area contributed by atoms with E-state index in [9.17, 15) is 4.79 Å². The van der Waals surface area contributed by atoms with Gasteiger partial charge in [-0.15, -0.1) is 0 Å². The monoisotopic (exact) mass is 335 g/mol. The first kappa shape index (κ1) is 14.8. The second kappa shape index (κ2) is 5.79. The molecule has 4 nitrogen and oxygen atoms in total. The Balaban J connectivity index is 2.12. The summed E-state index contributed by atoms with van der Waals surface area (Å²) in [6.45, 7) is 6.44. The number of hydrogen-bond acceptors (Lipinski definition) is 2. The fourth-order valence-corrected chi connectivity index (χ4v) is 2.81. The van der Waals surface area contributed by atoms with Crippen molar-refractivity contribution in [2.75, 3.05) is 0 Å². The third kappa shape index (κ3) is 2.93. The molecule has 0 aliphatic heterocycles. The molecule has 0 bridgehead atoms. The summed E-state index contributed by atoms with van der Waals surface area (Å²) in [4.78, 5) is 12.2. The van der Waals surface area contributed by atoms with Crippen LogP contribution in [-0.2, 0) is 13.6 Å². The second-order valence-corrected chi connectivity index (χ2v) is 5.79. The lowest BCUT2D eigenvalue weighted by Crippen LogP contribution is -2.23. The number of aryl methyl sites for hydroxylation is 3. The van der Waals surface area contributed by atoms with E-state index in [1.54, 1.807) is 0 Å². The summed E-state index contributed by atoms with van der Waals surface area (Å²) in [5.41, 5.74) is 4.87. The molecule has 1 heterocycles. The van der Waals surface area contributed by atoms with Gasteiger partial charge in [0.05, 0.1) is 11.3 Å². The van der Waals surface area contributed by atoms with Gasteiger partial charge in [0.25, 0.3) is 5.91 Å². The number of carbonyl (C=O) groups excluding carboxylic acids is 1. The number of rotatable bonds is 3. The SMILES string of the molecule is Cc1ccc(C(=O)NCc2c(C)nn(C)c2C)c(Br)c1. The van der Waals surface area contributed by atoms with Crippen molar-refractivity contribution in [2.45, 2.75) is 27.3 Å². The van der Waals surface area contributed by atoms with E-state index in [0.717, 1.165) is 27.0 Å². The van der Waals surface area contributed by atoms with Crippen LogP contribution < -0.4 is 5.32 Å². The number of aromatic nitrogens is 2. The van der Waals surface area contributed by atoms with Gasteiger partial charge in [0.1, 0.15) is 0 Å². The van der Waals surface area contributed by atoms with Crippen LogP contribution in [0.4, 0.5) is 0 Å². The summed E-state index contributed by atoms with van der Waals surface area (Å²) in [6, 6.07) is 5.70. The maximum atomic E-state index is 12.2. The largest absolute Gasteiger partial charge is 0.348 e. The molecule has 5 heteroatoms. The van der Waals surface area contributed by atoms with Crippen LogP contribution in [0.25, 0.3) is 0 Å². The summed E-state index contributed by atoms with van der Waals surface area (Å²) in [5.74, 6) is -0.0838. The Bertz CT molecular complexity index is 661. The molecule has 0 spiro atoms. The Morgan fingerprint density at radius 1 is 1.35 bits per heavy atom. The first-order valence-corrected chi connectivity index (χ1v) is 7.23. The second-order valence-electron chi connectivity index (χ2n) is 4.94. The van der Waals surface area contributed by atoms with Crippen LogP contribution in [0, 0.1) is 20.8 Å². The predicted molar refractivity (Wildman–Crippen MR) is 82.7 cm³/mol. The minimum atomic E-state index is -0.0838. The Morgan fingerprint density at radius 2 is 2.05 bits per heavy atom. The van der Waals surface area contributed by atoms with Crippen molar-refractivity contribution in [1.29, 1.82) is 0 Å². The molecule has 1 aromatic carbocycles. The summed E-state index contributed by atoms with van der Waals surface area (Å²) >= 11 is 3.43. The van der Waals surface area contributed by atoms with Crippen LogP contribution in [0.15, 0.2) is 22.7 Å². The van der Waals surface area contributed by atoms with Crippen molar-refractivity contribution in [3.05, 3.63) is 50.8 Å². The number of benzene rings is 1. The zero-order chi connectivity index (χ0) is 14.9. The van der Waals surface area contributed by atoms with Crippen molar-refractivity contribution in [2.24, 2.45) is 7.05 Å². The van der Waals surface area contributed by atoms with Crippen LogP contribution in [-0.4, -0.2) is 15.7 Å². The maximum absolute atomic E-state index is 12.2. The summed E-state index contributed by atoms with van der Waals surface area (Å²) < 4.78 is 2.65. The van der Waals surface area contributed by atoms with Gasteiger partial charge in [-0.3, -0.25) is 9.48 Å². The number of amides is 1. The van der Waals surface area contributed by atoms with Gasteiger partial charge >= 0.3 is 0 Å². The van der Waals surface area contributed by atoms with E-state index in [2.05, 4.69) is 26.3 Å². The topological polar surface area (TPSA) is 46.9 Å². The van der Waals surface area contributed by atoms with E-state index < -0.39 is 0 Å². The molecule has 1 aromatic heterocycles. The van der Waals surface area contributed by atoms with E-state index >= 15 is 0 Å². The minimum Gasteiger partial charge on any atom is -0.348 e. The molecule has 106 valence electrons. The van der Waals surface area contributed by atoms with Gasteiger partial charge in [-0.2, -0.15) is 5.10 Å². The van der Waals surface area contributed by atoms with Crippen molar-refractivity contribution < 1.29 is 4.79 Å². The molecular weight excluding hydrogens is 318 g/mol. The summed E-state index contributed by atoms with van der Waals surface area (Å²) in [7, 11) is 1.91. The molecule has 0 fully saturated rings. The van der Waals surface area contributed by atoms with E-state index in [-0.39, 0.29) is 5.91 Å². The van der Waals surface area contributed by atoms with E-state index in [1.807, 2.05) is 50.7 Å². The minimum absolute atomic E-state index is 0.0838. The molecule has 2 aromatic rings. The lowest BCUT2D eigenvalue weighted by molar-refractivity contribution is 0.0950. The number of hydrogen-bond donors (Lipinski definition) is 1. The molecule has 0 saturated heterocycles. The van der Waals surface area contributed by atoms with Gasteiger partial charge in [-0.05, 0) is 54.4 Å². The van der Waals surface area contributed by atoms with Gasteiger partial charge in [0.2, 0.25) is 0 Å². The molecule has 0 saturated carbocycles. The Hall–Kier alpha value is -1.62. The Labute approximate surface area is 127 Å². The normalized spacial score (nSPS) is 10.7. The Kier molecular flexibility index (Phi) is 4.28. The van der Waals surface area contributed by atoms with Gasteiger partial charge in [0.15, 0.2) is 0 Å². The van der Waals surface area contributed by atoms with Crippen molar-refractivity contribution in [1.82, 2.24) is 15.1 Å². The highest BCUT2D eigenvalue weighted by atomic mass is 79.9. The molecule has 0 aliphatic carbocycles. The number of nitrogens with one attached hydrogen (secondary N) is 1. The molecule has 1 N–H and O–H groups in total. The predicted octanol–water partition coefficient (Wildman–Crippen LogP) is 3.04. The number of carbonyl (C=O) groups is 1. The van der Waals surface area contributed by atoms with Gasteiger partial charge < -0.3 is 5.32 Å². The van der Waals surface area contributed by atoms with Crippen LogP contribution in [0.1, 0.15) is 32.9 Å². The zero-order valence-electron chi connectivity index (χ0n) is 12.1. The fraction of sp³-hybridized carbons (Fsp3) is 0.333. The zero-order valence-corrected chi connectivity index (χ0v) is 13.7. The standard InChI is InChI=1S/C15H18BrN3O/c1-9-5-6-12(14(16)7-9)15(20)17-8-13-10(2)18-19(4)11(13)3/h5-7H,8H2,1-4H3,(H,17,20). The number of nitrogens with zero attached hydrogens (tertiary/aromatic N) is 2. The summed E-state index contributed by atoms with van der Waals surface area (Å²) in [5, 5.41) is 7.29. The third-order valence-corrected chi connectivity index (χ3v) is 4.11. The van der Waals surface area contributed by atoms with E-state index in [0.29, 0.717) is 12.1 Å². The Morgan fingerprint density at radius 3 is 2.60 bits per heavy atom. The number of halogens is 1. The first-order chi connectivity index (χ1) is 9.40. The molecule has 2 rings (SSSR count). The summed E-state index contributed by atoms with van der Waals surface area (Å²) in [6.07, 6.45) is 0. The molecule has 0 unspecified atom stereocenters. The van der Waals surface area contributed by atoms with E-state index in [1.165, 1.54) is 0 Å². The average molecular weight is 336 g/mol. The highest BCUT2D eigenvalue weighted by Gasteiger charge is 2.13. The maximum Gasteiger partial charge on any atom is 0.252 e. The lowest BCUT2D eigenvalue weighted by Gasteiger charge is -2.08. The highest BCUT2D eigenvalue weighted by molar-refractivity contribution is 9.10. The molecule has 0 atom stereocenters. The lowest BCUT2D eigenvalue weighted by atomic mass is 10.1. The van der Waals surface area contributed by atoms with Crippen LogP contribution >= 0.6 is 15.9 Å². The first-order valence-electron chi connectivity index (χ1n) is 6.43. The van der Waals surface area contributed by atoms with Crippen LogP contribution in [0.3, 0.4) is 0 Å². The highest BCUT2D eigenvalue weighted by Crippen LogP contribution is 2.18. The van der Waals surface area contributed by atoms with Crippen molar-refractivity contribution >= 4 is 21.8 Å². The van der Waals surface area contributed by atoms with Crippen molar-refractivity contribution in [3.8, 4) is 0 Å². The van der Waals surface area contributed by atoms with Gasteiger partial charge in [0, 0.05) is 29.3 Å². The smallest absolute Gasteiger partial charge is 0.252 e. The van der Waals surface area contributed by atoms with E-state index in [4.69, 9.17) is 0 Å². The molecule has 0 aliphatic rings. The fourth-order valence-electron chi connectivity index (χ4n) is 2.14. The van der Waals surface area contributed by atoms with Crippen LogP contribution in [0.2, 0.25) is 0 Å².